The van der Waals surface area contributed by atoms with Gasteiger partial charge in [-0.1, -0.05) is 0 Å². The summed E-state index contributed by atoms with van der Waals surface area (Å²) in [4.78, 5) is 12.5. The van der Waals surface area contributed by atoms with E-state index in [1.165, 1.54) is 51.7 Å². The molecule has 0 aliphatic carbocycles. The van der Waals surface area contributed by atoms with Crippen LogP contribution in [-0.2, 0) is 10.0 Å². The van der Waals surface area contributed by atoms with Crippen molar-refractivity contribution in [2.75, 3.05) is 26.6 Å². The highest BCUT2D eigenvalue weighted by atomic mass is 32.2. The highest BCUT2D eigenvalue weighted by Crippen LogP contribution is 2.39. The third-order valence-corrected chi connectivity index (χ3v) is 4.32. The normalized spacial score (nSPS) is 10.9. The Labute approximate surface area is 145 Å². The Bertz CT molecular complexity index is 878. The second-order valence-corrected chi connectivity index (χ2v) is 6.47. The van der Waals surface area contributed by atoms with Gasteiger partial charge in [0.15, 0.2) is 11.5 Å². The molecule has 25 heavy (non-hydrogen) atoms. The number of primary sulfonamides is 1. The van der Waals surface area contributed by atoms with Gasteiger partial charge in [-0.15, -0.1) is 0 Å². The lowest BCUT2D eigenvalue weighted by Crippen LogP contribution is -2.15. The monoisotopic (exact) mass is 366 g/mol. The van der Waals surface area contributed by atoms with E-state index in [0.717, 1.165) is 0 Å². The number of anilines is 1. The predicted octanol–water partition coefficient (Wildman–Crippen LogP) is 1.61. The van der Waals surface area contributed by atoms with Gasteiger partial charge >= 0.3 is 0 Å². The largest absolute Gasteiger partial charge is 0.493 e. The number of benzene rings is 2. The summed E-state index contributed by atoms with van der Waals surface area (Å²) in [5.41, 5.74) is 0.630. The standard InChI is InChI=1S/C16H18N2O6S/c1-22-13-9-8-12(14(23-2)15(13)24-3)16(19)18-10-4-6-11(7-5-10)25(17,20)21/h4-9H,1-3H3,(H,18,19)(H2,17,20,21). The Morgan fingerprint density at radius 1 is 0.920 bits per heavy atom. The zero-order chi connectivity index (χ0) is 18.6. The molecule has 0 radical (unpaired) electrons. The Balaban J connectivity index is 2.32. The smallest absolute Gasteiger partial charge is 0.259 e. The lowest BCUT2D eigenvalue weighted by Gasteiger charge is -2.15. The molecule has 0 aliphatic heterocycles. The molecule has 2 aromatic rings. The number of sulfonamides is 1. The highest BCUT2D eigenvalue weighted by Gasteiger charge is 2.20. The van der Waals surface area contributed by atoms with Gasteiger partial charge in [-0.05, 0) is 36.4 Å². The van der Waals surface area contributed by atoms with Crippen LogP contribution >= 0.6 is 0 Å². The van der Waals surface area contributed by atoms with Crippen LogP contribution in [0, 0.1) is 0 Å². The summed E-state index contributed by atoms with van der Waals surface area (Å²) in [5.74, 6) is 0.484. The molecule has 134 valence electrons. The van der Waals surface area contributed by atoms with Crippen molar-refractivity contribution >= 4 is 21.6 Å². The van der Waals surface area contributed by atoms with Gasteiger partial charge in [-0.3, -0.25) is 4.79 Å². The molecule has 9 heteroatoms. The van der Waals surface area contributed by atoms with Crippen LogP contribution < -0.4 is 24.7 Å². The fourth-order valence-corrected chi connectivity index (χ4v) is 2.72. The average Bonchev–Trinajstić information content (AvgIpc) is 2.59. The van der Waals surface area contributed by atoms with E-state index in [1.807, 2.05) is 0 Å². The Morgan fingerprint density at radius 2 is 1.52 bits per heavy atom. The summed E-state index contributed by atoms with van der Waals surface area (Å²) in [6.07, 6.45) is 0. The molecule has 0 bridgehead atoms. The molecule has 0 spiro atoms. The number of hydrogen-bond acceptors (Lipinski definition) is 6. The Kier molecular flexibility index (Phi) is 5.50. The minimum Gasteiger partial charge on any atom is -0.493 e. The van der Waals surface area contributed by atoms with Crippen molar-refractivity contribution in [3.05, 3.63) is 42.0 Å². The molecule has 2 aromatic carbocycles. The molecule has 0 atom stereocenters. The summed E-state index contributed by atoms with van der Waals surface area (Å²) < 4.78 is 38.2. The van der Waals surface area contributed by atoms with E-state index < -0.39 is 15.9 Å². The third kappa shape index (κ3) is 4.01. The van der Waals surface area contributed by atoms with E-state index in [4.69, 9.17) is 19.3 Å². The van der Waals surface area contributed by atoms with Gasteiger partial charge in [0.05, 0.1) is 31.8 Å². The number of hydrogen-bond donors (Lipinski definition) is 2. The highest BCUT2D eigenvalue weighted by molar-refractivity contribution is 7.89. The van der Waals surface area contributed by atoms with Crippen LogP contribution in [-0.4, -0.2) is 35.7 Å². The van der Waals surface area contributed by atoms with E-state index in [-0.39, 0.29) is 16.2 Å². The maximum atomic E-state index is 12.5. The molecule has 2 rings (SSSR count). The first-order chi connectivity index (χ1) is 11.8. The van der Waals surface area contributed by atoms with Crippen LogP contribution in [0.15, 0.2) is 41.3 Å². The summed E-state index contributed by atoms with van der Waals surface area (Å²) >= 11 is 0. The summed E-state index contributed by atoms with van der Waals surface area (Å²) in [6.45, 7) is 0. The molecule has 8 nitrogen and oxygen atoms in total. The Hall–Kier alpha value is -2.78. The Morgan fingerprint density at radius 3 is 2.00 bits per heavy atom. The van der Waals surface area contributed by atoms with E-state index in [2.05, 4.69) is 5.32 Å². The van der Waals surface area contributed by atoms with Gasteiger partial charge in [-0.25, -0.2) is 13.6 Å². The minimum absolute atomic E-state index is 0.0470. The van der Waals surface area contributed by atoms with Crippen molar-refractivity contribution < 1.29 is 27.4 Å². The molecule has 3 N–H and O–H groups in total. The lowest BCUT2D eigenvalue weighted by atomic mass is 10.1. The molecule has 0 fully saturated rings. The van der Waals surface area contributed by atoms with Crippen LogP contribution in [0.1, 0.15) is 10.4 Å². The summed E-state index contributed by atoms with van der Waals surface area (Å²) in [5, 5.41) is 7.69. The molecule has 0 saturated carbocycles. The fraction of sp³-hybridized carbons (Fsp3) is 0.188. The van der Waals surface area contributed by atoms with Crippen LogP contribution in [0.3, 0.4) is 0 Å². The zero-order valence-electron chi connectivity index (χ0n) is 13.9. The molecule has 0 unspecified atom stereocenters. The van der Waals surface area contributed by atoms with Gasteiger partial charge < -0.3 is 19.5 Å². The van der Waals surface area contributed by atoms with Gasteiger partial charge in [0.25, 0.3) is 5.91 Å². The van der Waals surface area contributed by atoms with Crippen molar-refractivity contribution in [3.63, 3.8) is 0 Å². The first kappa shape index (κ1) is 18.6. The maximum absolute atomic E-state index is 12.5. The number of nitrogens with two attached hydrogens (primary N) is 1. The van der Waals surface area contributed by atoms with Crippen molar-refractivity contribution in [2.45, 2.75) is 4.90 Å². The van der Waals surface area contributed by atoms with Gasteiger partial charge in [0.2, 0.25) is 15.8 Å². The molecule has 0 heterocycles. The molecular formula is C16H18N2O6S. The van der Waals surface area contributed by atoms with Crippen LogP contribution in [0.5, 0.6) is 17.2 Å². The minimum atomic E-state index is -3.79. The number of methoxy groups -OCH3 is 3. The van der Waals surface area contributed by atoms with E-state index in [1.54, 1.807) is 6.07 Å². The van der Waals surface area contributed by atoms with E-state index in [0.29, 0.717) is 17.2 Å². The quantitative estimate of drug-likeness (QED) is 0.802. The first-order valence-corrected chi connectivity index (χ1v) is 8.59. The predicted molar refractivity (Wildman–Crippen MR) is 91.9 cm³/mol. The number of carbonyl (C=O) groups is 1. The second-order valence-electron chi connectivity index (χ2n) is 4.91. The molecule has 0 saturated heterocycles. The van der Waals surface area contributed by atoms with Gasteiger partial charge in [0.1, 0.15) is 0 Å². The van der Waals surface area contributed by atoms with Crippen molar-refractivity contribution in [2.24, 2.45) is 5.14 Å². The van der Waals surface area contributed by atoms with Crippen molar-refractivity contribution in [1.82, 2.24) is 0 Å². The number of ether oxygens (including phenoxy) is 3. The molecule has 0 aliphatic rings. The van der Waals surface area contributed by atoms with Crippen LogP contribution in [0.25, 0.3) is 0 Å². The van der Waals surface area contributed by atoms with Gasteiger partial charge in [0, 0.05) is 5.69 Å². The number of nitrogens with one attached hydrogen (secondary N) is 1. The number of rotatable bonds is 6. The summed E-state index contributed by atoms with van der Waals surface area (Å²) in [7, 11) is 0.536. The molecule has 1 amide bonds. The van der Waals surface area contributed by atoms with Crippen LogP contribution in [0.4, 0.5) is 5.69 Å². The number of amides is 1. The average molecular weight is 366 g/mol. The van der Waals surface area contributed by atoms with E-state index in [9.17, 15) is 13.2 Å². The topological polar surface area (TPSA) is 117 Å². The molecule has 0 aromatic heterocycles. The van der Waals surface area contributed by atoms with Crippen LogP contribution in [0.2, 0.25) is 0 Å². The second kappa shape index (κ2) is 7.41. The van der Waals surface area contributed by atoms with Crippen molar-refractivity contribution in [3.8, 4) is 17.2 Å². The first-order valence-electron chi connectivity index (χ1n) is 7.05. The maximum Gasteiger partial charge on any atom is 0.259 e. The zero-order valence-corrected chi connectivity index (χ0v) is 14.7. The van der Waals surface area contributed by atoms with Crippen molar-refractivity contribution in [1.29, 1.82) is 0 Å². The third-order valence-electron chi connectivity index (χ3n) is 3.39. The fourth-order valence-electron chi connectivity index (χ4n) is 2.21. The number of carbonyl (C=O) groups excluding carboxylic acids is 1. The lowest BCUT2D eigenvalue weighted by molar-refractivity contribution is 0.102. The SMILES string of the molecule is COc1ccc(C(=O)Nc2ccc(S(N)(=O)=O)cc2)c(OC)c1OC. The van der Waals surface area contributed by atoms with Gasteiger partial charge in [-0.2, -0.15) is 0 Å². The summed E-state index contributed by atoms with van der Waals surface area (Å²) in [6, 6.07) is 8.60. The van der Waals surface area contributed by atoms with E-state index >= 15 is 0 Å². The molecular weight excluding hydrogens is 348 g/mol.